The van der Waals surface area contributed by atoms with Crippen LogP contribution in [-0.4, -0.2) is 11.8 Å². The third-order valence-electron chi connectivity index (χ3n) is 1.57. The van der Waals surface area contributed by atoms with Gasteiger partial charge in [0.15, 0.2) is 0 Å². The first kappa shape index (κ1) is 8.97. The molecule has 64 valence electrons. The zero-order valence-electron chi connectivity index (χ0n) is 7.12. The van der Waals surface area contributed by atoms with Crippen LogP contribution in [0.3, 0.4) is 0 Å². The van der Waals surface area contributed by atoms with Crippen molar-refractivity contribution >= 4 is 6.08 Å². The Balaban J connectivity index is 2.67. The first-order valence-corrected chi connectivity index (χ1v) is 3.92. The molecule has 0 aliphatic heterocycles. The van der Waals surface area contributed by atoms with E-state index in [-0.39, 0.29) is 0 Å². The number of benzene rings is 1. The van der Waals surface area contributed by atoms with Gasteiger partial charge in [-0.1, -0.05) is 42.0 Å². The molecule has 1 aromatic carbocycles. The molecule has 0 radical (unpaired) electrons. The molecule has 0 saturated heterocycles. The van der Waals surface area contributed by atoms with E-state index in [1.807, 2.05) is 43.3 Å². The lowest BCUT2D eigenvalue weighted by Gasteiger charge is -1.98. The fourth-order valence-corrected chi connectivity index (χ4v) is 1.01. The van der Waals surface area contributed by atoms with E-state index in [1.54, 1.807) is 0 Å². The zero-order chi connectivity index (χ0) is 8.81. The summed E-state index contributed by atoms with van der Waals surface area (Å²) in [7, 11) is 0. The molecule has 0 bridgehead atoms. The summed E-state index contributed by atoms with van der Waals surface area (Å²) in [5, 5.41) is 8.42. The molecule has 0 fully saturated rings. The predicted molar refractivity (Wildman–Crippen MR) is 49.9 cm³/mol. The van der Waals surface area contributed by atoms with Crippen LogP contribution in [0, 0.1) is 0 Å². The number of hydroxylamine groups is 1. The van der Waals surface area contributed by atoms with Crippen molar-refractivity contribution in [3.8, 4) is 0 Å². The molecule has 1 rings (SSSR count). The summed E-state index contributed by atoms with van der Waals surface area (Å²) in [6.07, 6.45) is 2.03. The third-order valence-corrected chi connectivity index (χ3v) is 1.57. The average molecular weight is 163 g/mol. The van der Waals surface area contributed by atoms with Gasteiger partial charge in [0.25, 0.3) is 0 Å². The van der Waals surface area contributed by atoms with Crippen molar-refractivity contribution in [3.63, 3.8) is 0 Å². The van der Waals surface area contributed by atoms with Crippen LogP contribution < -0.4 is 5.48 Å². The second-order valence-electron chi connectivity index (χ2n) is 2.74. The molecule has 2 heteroatoms. The Labute approximate surface area is 72.5 Å². The molecule has 2 nitrogen and oxygen atoms in total. The van der Waals surface area contributed by atoms with Gasteiger partial charge in [0.2, 0.25) is 0 Å². The second kappa shape index (κ2) is 4.70. The Morgan fingerprint density at radius 2 is 2.08 bits per heavy atom. The number of hydrogen-bond acceptors (Lipinski definition) is 2. The van der Waals surface area contributed by atoms with Crippen molar-refractivity contribution in [2.24, 2.45) is 0 Å². The van der Waals surface area contributed by atoms with Crippen LogP contribution in [0.25, 0.3) is 6.08 Å². The van der Waals surface area contributed by atoms with Crippen molar-refractivity contribution in [2.75, 3.05) is 6.54 Å². The molecule has 0 atom stereocenters. The summed E-state index contributed by atoms with van der Waals surface area (Å²) in [5.41, 5.74) is 4.38. The van der Waals surface area contributed by atoms with Gasteiger partial charge in [0.1, 0.15) is 0 Å². The Hall–Kier alpha value is -1.12. The lowest BCUT2D eigenvalue weighted by Crippen LogP contribution is -2.09. The number of nitrogens with one attached hydrogen (secondary N) is 1. The molecule has 1 aromatic rings. The second-order valence-corrected chi connectivity index (χ2v) is 2.74. The molecule has 0 aliphatic rings. The van der Waals surface area contributed by atoms with E-state index in [0.717, 1.165) is 11.1 Å². The van der Waals surface area contributed by atoms with Gasteiger partial charge < -0.3 is 5.21 Å². The van der Waals surface area contributed by atoms with Gasteiger partial charge >= 0.3 is 0 Å². The van der Waals surface area contributed by atoms with Gasteiger partial charge in [0, 0.05) is 6.54 Å². The van der Waals surface area contributed by atoms with E-state index >= 15 is 0 Å². The van der Waals surface area contributed by atoms with Gasteiger partial charge in [-0.25, -0.2) is 5.48 Å². The topological polar surface area (TPSA) is 32.3 Å². The molecule has 0 heterocycles. The quantitative estimate of drug-likeness (QED) is 0.668. The Morgan fingerprint density at radius 1 is 1.42 bits per heavy atom. The highest BCUT2D eigenvalue weighted by Gasteiger charge is 1.88. The minimum Gasteiger partial charge on any atom is -0.317 e. The molecule has 0 aliphatic carbocycles. The van der Waals surface area contributed by atoms with Crippen molar-refractivity contribution in [3.05, 3.63) is 41.5 Å². The first-order chi connectivity index (χ1) is 5.83. The van der Waals surface area contributed by atoms with Crippen LogP contribution >= 0.6 is 0 Å². The van der Waals surface area contributed by atoms with Crippen LogP contribution in [0.5, 0.6) is 0 Å². The monoisotopic (exact) mass is 163 g/mol. The molecule has 0 amide bonds. The molecule has 0 spiro atoms. The normalized spacial score (nSPS) is 11.7. The smallest absolute Gasteiger partial charge is 0.0418 e. The van der Waals surface area contributed by atoms with E-state index < -0.39 is 0 Å². The summed E-state index contributed by atoms with van der Waals surface area (Å²) in [6.45, 7) is 2.48. The maximum Gasteiger partial charge on any atom is 0.0418 e. The predicted octanol–water partition coefficient (Wildman–Crippen LogP) is 2.07. The van der Waals surface area contributed by atoms with Crippen LogP contribution in [0.4, 0.5) is 0 Å². The van der Waals surface area contributed by atoms with E-state index in [2.05, 4.69) is 5.48 Å². The van der Waals surface area contributed by atoms with Crippen molar-refractivity contribution in [1.29, 1.82) is 0 Å². The van der Waals surface area contributed by atoms with E-state index in [9.17, 15) is 0 Å². The molecule has 2 N–H and O–H groups in total. The van der Waals surface area contributed by atoms with Gasteiger partial charge in [-0.2, -0.15) is 0 Å². The fraction of sp³-hybridized carbons (Fsp3) is 0.200. The fourth-order valence-electron chi connectivity index (χ4n) is 1.01. The maximum atomic E-state index is 8.42. The molecular weight excluding hydrogens is 150 g/mol. The number of hydrogen-bond donors (Lipinski definition) is 2. The summed E-state index contributed by atoms with van der Waals surface area (Å²) in [6, 6.07) is 10.0. The lowest BCUT2D eigenvalue weighted by molar-refractivity contribution is 0.177. The summed E-state index contributed by atoms with van der Waals surface area (Å²) in [4.78, 5) is 0. The molecule has 0 aromatic heterocycles. The highest BCUT2D eigenvalue weighted by Crippen LogP contribution is 2.04. The standard InChI is InChI=1S/C10H13NO/c1-9(8-11-12)7-10-5-3-2-4-6-10/h2-7,11-12H,8H2,1H3/b9-7+. The Bertz CT molecular complexity index is 254. The Kier molecular flexibility index (Phi) is 3.51. The lowest BCUT2D eigenvalue weighted by atomic mass is 10.1. The average Bonchev–Trinajstić information content (AvgIpc) is 2.06. The van der Waals surface area contributed by atoms with Crippen molar-refractivity contribution < 1.29 is 5.21 Å². The van der Waals surface area contributed by atoms with Crippen molar-refractivity contribution in [2.45, 2.75) is 6.92 Å². The Morgan fingerprint density at radius 3 is 2.67 bits per heavy atom. The van der Waals surface area contributed by atoms with E-state index in [0.29, 0.717) is 6.54 Å². The van der Waals surface area contributed by atoms with Gasteiger partial charge in [-0.15, -0.1) is 0 Å². The molecular formula is C10H13NO. The van der Waals surface area contributed by atoms with Gasteiger partial charge in [-0.05, 0) is 12.5 Å². The highest BCUT2D eigenvalue weighted by atomic mass is 16.5. The largest absolute Gasteiger partial charge is 0.317 e. The van der Waals surface area contributed by atoms with Crippen LogP contribution in [-0.2, 0) is 0 Å². The van der Waals surface area contributed by atoms with Crippen molar-refractivity contribution in [1.82, 2.24) is 5.48 Å². The summed E-state index contributed by atoms with van der Waals surface area (Å²) >= 11 is 0. The molecule has 0 unspecified atom stereocenters. The maximum absolute atomic E-state index is 8.42. The van der Waals surface area contributed by atoms with Crippen LogP contribution in [0.1, 0.15) is 12.5 Å². The highest BCUT2D eigenvalue weighted by molar-refractivity contribution is 5.52. The first-order valence-electron chi connectivity index (χ1n) is 3.92. The minimum atomic E-state index is 0.509. The minimum absolute atomic E-state index is 0.509. The van der Waals surface area contributed by atoms with Gasteiger partial charge in [0.05, 0.1) is 0 Å². The van der Waals surface area contributed by atoms with Crippen LogP contribution in [0.2, 0.25) is 0 Å². The summed E-state index contributed by atoms with van der Waals surface area (Å²) in [5.74, 6) is 0. The number of rotatable bonds is 3. The van der Waals surface area contributed by atoms with E-state index in [1.165, 1.54) is 0 Å². The van der Waals surface area contributed by atoms with Crippen LogP contribution in [0.15, 0.2) is 35.9 Å². The van der Waals surface area contributed by atoms with Gasteiger partial charge in [-0.3, -0.25) is 0 Å². The molecule has 12 heavy (non-hydrogen) atoms. The molecule has 0 saturated carbocycles. The SMILES string of the molecule is C/C(=C\c1ccccc1)CNO. The summed E-state index contributed by atoms with van der Waals surface area (Å²) < 4.78 is 0. The van der Waals surface area contributed by atoms with E-state index in [4.69, 9.17) is 5.21 Å². The third kappa shape index (κ3) is 2.86. The zero-order valence-corrected chi connectivity index (χ0v) is 7.12.